The molecular formula is C16H21O9S-. The normalized spacial score (nSPS) is 33.3. The first-order valence-corrected chi connectivity index (χ1v) is 9.00. The molecule has 2 aliphatic rings. The van der Waals surface area contributed by atoms with Crippen molar-refractivity contribution in [1.29, 1.82) is 0 Å². The van der Waals surface area contributed by atoms with Crippen molar-refractivity contribution >= 4 is 29.3 Å². The number of rotatable bonds is 8. The van der Waals surface area contributed by atoms with Crippen molar-refractivity contribution in [2.45, 2.75) is 45.3 Å². The van der Waals surface area contributed by atoms with Gasteiger partial charge in [-0.15, -0.1) is 0 Å². The van der Waals surface area contributed by atoms with Gasteiger partial charge >= 0.3 is 17.9 Å². The van der Waals surface area contributed by atoms with Crippen LogP contribution in [0.2, 0.25) is 0 Å². The molecule has 0 spiro atoms. The first-order valence-electron chi connectivity index (χ1n) is 8.00. The molecule has 0 aromatic heterocycles. The lowest BCUT2D eigenvalue weighted by atomic mass is 9.78. The topological polar surface area (TPSA) is 128 Å². The second kappa shape index (κ2) is 7.85. The first kappa shape index (κ1) is 20.5. The Kier molecular flexibility index (Phi) is 6.20. The van der Waals surface area contributed by atoms with Crippen LogP contribution in [0.5, 0.6) is 0 Å². The zero-order valence-corrected chi connectivity index (χ0v) is 15.4. The summed E-state index contributed by atoms with van der Waals surface area (Å²) in [5, 5.41) is 0. The largest absolute Gasteiger partial charge is 0.750 e. The number of esters is 3. The number of hydrogen-bond donors (Lipinski definition) is 0. The van der Waals surface area contributed by atoms with Crippen LogP contribution in [0.25, 0.3) is 0 Å². The molecule has 0 aliphatic heterocycles. The van der Waals surface area contributed by atoms with Crippen molar-refractivity contribution in [2.75, 3.05) is 13.2 Å². The third kappa shape index (κ3) is 4.13. The average Bonchev–Trinajstić information content (AvgIpc) is 3.05. The van der Waals surface area contributed by atoms with Gasteiger partial charge in [0.05, 0.1) is 18.0 Å². The number of carbonyl (C=O) groups is 3. The molecule has 10 heteroatoms. The minimum Gasteiger partial charge on any atom is -0.750 e. The van der Waals surface area contributed by atoms with Gasteiger partial charge in [0.25, 0.3) is 0 Å². The lowest BCUT2D eigenvalue weighted by Gasteiger charge is -2.40. The first-order chi connectivity index (χ1) is 12.1. The molecule has 2 bridgehead atoms. The lowest BCUT2D eigenvalue weighted by Crippen LogP contribution is -2.50. The van der Waals surface area contributed by atoms with Crippen LogP contribution in [0, 0.1) is 10.8 Å². The van der Waals surface area contributed by atoms with Gasteiger partial charge in [-0.05, 0) is 19.3 Å². The summed E-state index contributed by atoms with van der Waals surface area (Å²) in [6, 6.07) is 0. The molecular weight excluding hydrogens is 368 g/mol. The van der Waals surface area contributed by atoms with E-state index in [0.29, 0.717) is 19.3 Å². The van der Waals surface area contributed by atoms with Crippen LogP contribution in [-0.4, -0.2) is 52.1 Å². The number of carbonyl (C=O) groups excluding carboxylic acids is 3. The molecule has 0 saturated heterocycles. The average molecular weight is 389 g/mol. The summed E-state index contributed by atoms with van der Waals surface area (Å²) in [6.07, 6.45) is 0.170. The molecule has 0 heterocycles. The van der Waals surface area contributed by atoms with E-state index in [4.69, 9.17) is 18.4 Å². The molecule has 0 amide bonds. The van der Waals surface area contributed by atoms with Crippen LogP contribution in [0.3, 0.4) is 0 Å². The maximum atomic E-state index is 11.8. The van der Waals surface area contributed by atoms with Crippen LogP contribution in [0.1, 0.15) is 33.1 Å². The van der Waals surface area contributed by atoms with Gasteiger partial charge in [-0.1, -0.05) is 6.58 Å². The summed E-state index contributed by atoms with van der Waals surface area (Å²) in [7, 11) is 0. The molecule has 0 aromatic rings. The Bertz CT molecular complexity index is 633. The highest BCUT2D eigenvalue weighted by atomic mass is 32.2. The third-order valence-electron chi connectivity index (χ3n) is 5.02. The summed E-state index contributed by atoms with van der Waals surface area (Å²) in [4.78, 5) is 34.3. The zero-order chi connectivity index (χ0) is 19.5. The van der Waals surface area contributed by atoms with E-state index in [1.807, 2.05) is 0 Å². The monoisotopic (exact) mass is 389 g/mol. The van der Waals surface area contributed by atoms with Crippen LogP contribution < -0.4 is 0 Å². The van der Waals surface area contributed by atoms with E-state index < -0.39 is 52.3 Å². The quantitative estimate of drug-likeness (QED) is 0.253. The van der Waals surface area contributed by atoms with Gasteiger partial charge in [-0.25, -0.2) is 9.00 Å². The second-order valence-electron chi connectivity index (χ2n) is 6.74. The molecule has 0 N–H and O–H groups in total. The van der Waals surface area contributed by atoms with E-state index in [9.17, 15) is 23.1 Å². The molecule has 146 valence electrons. The van der Waals surface area contributed by atoms with Crippen molar-refractivity contribution in [1.82, 2.24) is 0 Å². The molecule has 2 aliphatic carbocycles. The predicted octanol–water partition coefficient (Wildman–Crippen LogP) is 0.560. The fourth-order valence-electron chi connectivity index (χ4n) is 4.00. The minimum atomic E-state index is -2.88. The number of fused-ring (bicyclic) bond motifs is 2. The fourth-order valence-corrected chi connectivity index (χ4v) is 4.48. The summed E-state index contributed by atoms with van der Waals surface area (Å²) in [5.74, 6) is -1.79. The second-order valence-corrected chi connectivity index (χ2v) is 7.35. The predicted molar refractivity (Wildman–Crippen MR) is 85.9 cm³/mol. The van der Waals surface area contributed by atoms with Crippen LogP contribution in [0.15, 0.2) is 12.7 Å². The van der Waals surface area contributed by atoms with Crippen molar-refractivity contribution in [3.05, 3.63) is 12.7 Å². The van der Waals surface area contributed by atoms with E-state index in [-0.39, 0.29) is 13.2 Å². The zero-order valence-electron chi connectivity index (χ0n) is 14.6. The Morgan fingerprint density at radius 3 is 2.04 bits per heavy atom. The Labute approximate surface area is 153 Å². The van der Waals surface area contributed by atoms with Crippen LogP contribution in [0.4, 0.5) is 0 Å². The highest BCUT2D eigenvalue weighted by Crippen LogP contribution is 2.63. The van der Waals surface area contributed by atoms with Gasteiger partial charge < -0.3 is 18.8 Å². The van der Waals surface area contributed by atoms with E-state index in [1.54, 1.807) is 0 Å². The van der Waals surface area contributed by atoms with Crippen molar-refractivity contribution in [3.8, 4) is 0 Å². The summed E-state index contributed by atoms with van der Waals surface area (Å²) in [5.41, 5.74) is -1.69. The summed E-state index contributed by atoms with van der Waals surface area (Å²) < 4.78 is 43.1. The van der Waals surface area contributed by atoms with E-state index in [2.05, 4.69) is 6.58 Å². The molecule has 9 nitrogen and oxygen atoms in total. The number of hydrogen-bond acceptors (Lipinski definition) is 9. The van der Waals surface area contributed by atoms with Gasteiger partial charge in [-0.3, -0.25) is 13.8 Å². The van der Waals surface area contributed by atoms with Gasteiger partial charge in [-0.2, -0.15) is 0 Å². The maximum Gasteiger partial charge on any atom is 0.330 e. The molecule has 2 fully saturated rings. The van der Waals surface area contributed by atoms with Crippen LogP contribution in [-0.2, 0) is 44.1 Å². The Morgan fingerprint density at radius 1 is 1.12 bits per heavy atom. The van der Waals surface area contributed by atoms with Crippen molar-refractivity contribution in [3.63, 3.8) is 0 Å². The van der Waals surface area contributed by atoms with Gasteiger partial charge in [0.1, 0.15) is 18.8 Å². The highest BCUT2D eigenvalue weighted by Gasteiger charge is 2.69. The number of ether oxygens (including phenoxy) is 3. The van der Waals surface area contributed by atoms with Gasteiger partial charge in [0, 0.05) is 30.8 Å². The van der Waals surface area contributed by atoms with E-state index in [0.717, 1.165) is 6.08 Å². The van der Waals surface area contributed by atoms with E-state index in [1.165, 1.54) is 13.8 Å². The highest BCUT2D eigenvalue weighted by molar-refractivity contribution is 7.74. The Balaban J connectivity index is 2.38. The fraction of sp³-hybridized carbons (Fsp3) is 0.688. The van der Waals surface area contributed by atoms with Crippen molar-refractivity contribution in [2.24, 2.45) is 10.8 Å². The Hall–Kier alpha value is -1.78. The summed E-state index contributed by atoms with van der Waals surface area (Å²) >= 11 is -2.88. The summed E-state index contributed by atoms with van der Waals surface area (Å²) in [6.45, 7) is 5.67. The van der Waals surface area contributed by atoms with E-state index >= 15 is 0 Å². The maximum absolute atomic E-state index is 11.8. The lowest BCUT2D eigenvalue weighted by molar-refractivity contribution is -0.169. The van der Waals surface area contributed by atoms with Gasteiger partial charge in [0.15, 0.2) is 0 Å². The van der Waals surface area contributed by atoms with Crippen molar-refractivity contribution < 1.29 is 41.5 Å². The molecule has 0 aromatic carbocycles. The van der Waals surface area contributed by atoms with Gasteiger partial charge in [0.2, 0.25) is 0 Å². The minimum absolute atomic E-state index is 0.0649. The van der Waals surface area contributed by atoms with Crippen LogP contribution >= 0.6 is 0 Å². The molecule has 2 rings (SSSR count). The smallest absolute Gasteiger partial charge is 0.330 e. The molecule has 5 unspecified atom stereocenters. The molecule has 5 atom stereocenters. The molecule has 2 saturated carbocycles. The Morgan fingerprint density at radius 2 is 1.62 bits per heavy atom. The molecule has 26 heavy (non-hydrogen) atoms. The third-order valence-corrected chi connectivity index (χ3v) is 5.39. The standard InChI is InChI=1S/C16H22O9S/c1-4-12(19)24-13-14(25-26(20)21)16(9-23-11(3)18)6-5-15(13,7-16)8-22-10(2)17/h4,13-14H,1,5-9H2,2-3H3,(H,20,21)/p-1. The SMILES string of the molecule is C=CC(=O)OC1C(OS(=O)[O-])C2(COC(C)=O)CCC1(COC(C)=O)C2. The molecule has 0 radical (unpaired) electrons.